The van der Waals surface area contributed by atoms with Crippen molar-refractivity contribution < 1.29 is 0 Å². The second-order valence-electron chi connectivity index (χ2n) is 4.13. The van der Waals surface area contributed by atoms with E-state index < -0.39 is 0 Å². The highest BCUT2D eigenvalue weighted by atomic mass is 32.1. The Balaban J connectivity index is 0.000000561. The molecule has 0 amide bonds. The maximum Gasteiger partial charge on any atom is -0.0215 e. The Labute approximate surface area is 83.5 Å². The summed E-state index contributed by atoms with van der Waals surface area (Å²) in [7, 11) is 0. The van der Waals surface area contributed by atoms with Crippen LogP contribution in [0.15, 0.2) is 0 Å². The minimum absolute atomic E-state index is 0.920. The molecule has 1 heteroatoms. The van der Waals surface area contributed by atoms with Crippen LogP contribution in [-0.4, -0.2) is 6.26 Å². The molecule has 0 bridgehead atoms. The number of hydrogen-bond donors (Lipinski definition) is 1. The number of thiol groups is 1. The molecule has 1 aliphatic rings. The zero-order valence-corrected chi connectivity index (χ0v) is 9.74. The summed E-state index contributed by atoms with van der Waals surface area (Å²) in [4.78, 5) is 0. The SMILES string of the molecule is CC(C)CC1CCCCC1.CS. The lowest BCUT2D eigenvalue weighted by molar-refractivity contribution is 0.305. The Morgan fingerprint density at radius 1 is 1.08 bits per heavy atom. The summed E-state index contributed by atoms with van der Waals surface area (Å²) in [6, 6.07) is 0. The first-order valence-electron chi connectivity index (χ1n) is 5.23. The summed E-state index contributed by atoms with van der Waals surface area (Å²) in [5.41, 5.74) is 0. The second kappa shape index (κ2) is 7.97. The van der Waals surface area contributed by atoms with Crippen LogP contribution in [0.5, 0.6) is 0 Å². The predicted octanol–water partition coefficient (Wildman–Crippen LogP) is 4.16. The first kappa shape index (κ1) is 12.3. The van der Waals surface area contributed by atoms with Gasteiger partial charge in [0.15, 0.2) is 0 Å². The van der Waals surface area contributed by atoms with Crippen LogP contribution in [0.1, 0.15) is 52.4 Å². The molecule has 0 spiro atoms. The van der Waals surface area contributed by atoms with Gasteiger partial charge in [-0.15, -0.1) is 0 Å². The molecule has 1 aliphatic carbocycles. The summed E-state index contributed by atoms with van der Waals surface area (Å²) >= 11 is 3.53. The molecule has 0 heterocycles. The molecule has 0 aliphatic heterocycles. The fourth-order valence-corrected chi connectivity index (χ4v) is 2.09. The van der Waals surface area contributed by atoms with Gasteiger partial charge in [-0.3, -0.25) is 0 Å². The Hall–Kier alpha value is 0.350. The highest BCUT2D eigenvalue weighted by Gasteiger charge is 2.13. The third-order valence-corrected chi connectivity index (χ3v) is 2.53. The quantitative estimate of drug-likeness (QED) is 0.618. The van der Waals surface area contributed by atoms with E-state index in [1.165, 1.54) is 38.5 Å². The van der Waals surface area contributed by atoms with Crippen molar-refractivity contribution in [2.45, 2.75) is 52.4 Å². The van der Waals surface area contributed by atoms with Crippen molar-refractivity contribution in [1.82, 2.24) is 0 Å². The minimum Gasteiger partial charge on any atom is -0.183 e. The third kappa shape index (κ3) is 5.93. The minimum atomic E-state index is 0.920. The fraction of sp³-hybridized carbons (Fsp3) is 1.00. The van der Waals surface area contributed by atoms with Crippen LogP contribution in [0.3, 0.4) is 0 Å². The molecule has 0 aromatic rings. The lowest BCUT2D eigenvalue weighted by Gasteiger charge is -2.22. The van der Waals surface area contributed by atoms with Crippen LogP contribution >= 0.6 is 12.6 Å². The lowest BCUT2D eigenvalue weighted by Crippen LogP contribution is -2.08. The van der Waals surface area contributed by atoms with Gasteiger partial charge in [0.2, 0.25) is 0 Å². The summed E-state index contributed by atoms with van der Waals surface area (Å²) in [6.07, 6.45) is 10.7. The highest BCUT2D eigenvalue weighted by molar-refractivity contribution is 7.79. The molecule has 0 saturated heterocycles. The van der Waals surface area contributed by atoms with Crippen LogP contribution in [0.25, 0.3) is 0 Å². The normalized spacial score (nSPS) is 18.8. The average Bonchev–Trinajstić information content (AvgIpc) is 2.08. The van der Waals surface area contributed by atoms with Crippen LogP contribution in [0, 0.1) is 11.8 Å². The molecule has 0 aromatic carbocycles. The topological polar surface area (TPSA) is 0 Å². The van der Waals surface area contributed by atoms with E-state index in [0.717, 1.165) is 11.8 Å². The smallest absolute Gasteiger partial charge is 0.0215 e. The maximum atomic E-state index is 3.53. The molecule has 0 N–H and O–H groups in total. The average molecular weight is 188 g/mol. The monoisotopic (exact) mass is 188 g/mol. The Kier molecular flexibility index (Phi) is 8.20. The van der Waals surface area contributed by atoms with Crippen LogP contribution in [0.4, 0.5) is 0 Å². The van der Waals surface area contributed by atoms with Crippen molar-refractivity contribution in [2.75, 3.05) is 6.26 Å². The Bertz CT molecular complexity index is 83.0. The van der Waals surface area contributed by atoms with Crippen molar-refractivity contribution in [3.05, 3.63) is 0 Å². The van der Waals surface area contributed by atoms with Gasteiger partial charge in [0, 0.05) is 0 Å². The third-order valence-electron chi connectivity index (χ3n) is 2.53. The van der Waals surface area contributed by atoms with Gasteiger partial charge in [-0.05, 0) is 24.5 Å². The zero-order chi connectivity index (χ0) is 9.40. The molecule has 0 unspecified atom stereocenters. The van der Waals surface area contributed by atoms with E-state index in [1.54, 1.807) is 6.26 Å². The van der Waals surface area contributed by atoms with Gasteiger partial charge in [-0.2, -0.15) is 12.6 Å². The lowest BCUT2D eigenvalue weighted by atomic mass is 9.84. The van der Waals surface area contributed by atoms with Crippen molar-refractivity contribution in [2.24, 2.45) is 11.8 Å². The second-order valence-corrected chi connectivity index (χ2v) is 4.13. The summed E-state index contributed by atoms with van der Waals surface area (Å²) in [5, 5.41) is 0. The van der Waals surface area contributed by atoms with Gasteiger partial charge in [0.05, 0.1) is 0 Å². The van der Waals surface area contributed by atoms with E-state index in [0.29, 0.717) is 0 Å². The van der Waals surface area contributed by atoms with Crippen molar-refractivity contribution in [3.63, 3.8) is 0 Å². The molecular weight excluding hydrogens is 164 g/mol. The van der Waals surface area contributed by atoms with Gasteiger partial charge < -0.3 is 0 Å². The summed E-state index contributed by atoms with van der Waals surface area (Å²) < 4.78 is 0. The first-order chi connectivity index (χ1) is 5.79. The van der Waals surface area contributed by atoms with E-state index >= 15 is 0 Å². The van der Waals surface area contributed by atoms with Crippen molar-refractivity contribution in [1.29, 1.82) is 0 Å². The summed E-state index contributed by atoms with van der Waals surface area (Å²) in [6.45, 7) is 4.68. The van der Waals surface area contributed by atoms with Gasteiger partial charge in [0.1, 0.15) is 0 Å². The maximum absolute atomic E-state index is 3.53. The van der Waals surface area contributed by atoms with Gasteiger partial charge in [0.25, 0.3) is 0 Å². The Morgan fingerprint density at radius 3 is 2.00 bits per heavy atom. The van der Waals surface area contributed by atoms with E-state index in [4.69, 9.17) is 0 Å². The van der Waals surface area contributed by atoms with E-state index in [2.05, 4.69) is 26.5 Å². The standard InChI is InChI=1S/C10H20.CH4S/c1-9(2)8-10-6-4-3-5-7-10;1-2/h9-10H,3-8H2,1-2H3;2H,1H3. The highest BCUT2D eigenvalue weighted by Crippen LogP contribution is 2.28. The number of rotatable bonds is 2. The molecule has 0 aromatic heterocycles. The van der Waals surface area contributed by atoms with E-state index in [9.17, 15) is 0 Å². The molecule has 1 rings (SSSR count). The van der Waals surface area contributed by atoms with E-state index in [-0.39, 0.29) is 0 Å². The van der Waals surface area contributed by atoms with Crippen molar-refractivity contribution >= 4 is 12.6 Å². The molecule has 12 heavy (non-hydrogen) atoms. The predicted molar refractivity (Wildman–Crippen MR) is 60.9 cm³/mol. The molecule has 74 valence electrons. The Morgan fingerprint density at radius 2 is 1.58 bits per heavy atom. The van der Waals surface area contributed by atoms with E-state index in [1.807, 2.05) is 0 Å². The van der Waals surface area contributed by atoms with Gasteiger partial charge >= 0.3 is 0 Å². The molecule has 0 nitrogen and oxygen atoms in total. The van der Waals surface area contributed by atoms with Gasteiger partial charge in [-0.1, -0.05) is 46.0 Å². The molecule has 1 saturated carbocycles. The molecule has 1 fully saturated rings. The fourth-order valence-electron chi connectivity index (χ4n) is 2.09. The van der Waals surface area contributed by atoms with Crippen molar-refractivity contribution in [3.8, 4) is 0 Å². The van der Waals surface area contributed by atoms with Gasteiger partial charge in [-0.25, -0.2) is 0 Å². The molecule has 0 radical (unpaired) electrons. The molecular formula is C11H24S. The largest absolute Gasteiger partial charge is 0.183 e. The van der Waals surface area contributed by atoms with Crippen LogP contribution in [-0.2, 0) is 0 Å². The first-order valence-corrected chi connectivity index (χ1v) is 6.13. The van der Waals surface area contributed by atoms with Crippen LogP contribution in [0.2, 0.25) is 0 Å². The number of hydrogen-bond acceptors (Lipinski definition) is 1. The molecule has 0 atom stereocenters. The zero-order valence-electron chi connectivity index (χ0n) is 8.84. The van der Waals surface area contributed by atoms with Crippen LogP contribution < -0.4 is 0 Å². The summed E-state index contributed by atoms with van der Waals surface area (Å²) in [5.74, 6) is 2.00.